The highest BCUT2D eigenvalue weighted by molar-refractivity contribution is 5.80. The van der Waals surface area contributed by atoms with Gasteiger partial charge in [-0.25, -0.2) is 5.43 Å². The lowest BCUT2D eigenvalue weighted by molar-refractivity contribution is -0.361. The SMILES string of the molecule is COc1cc(/C=N/NC(F)(F)C(F)(F)C(F)(F)F)ccc1OCc1cccc(C)c1. The molecule has 0 unspecified atom stereocenters. The van der Waals surface area contributed by atoms with Crippen LogP contribution in [0.3, 0.4) is 0 Å². The van der Waals surface area contributed by atoms with Gasteiger partial charge in [-0.1, -0.05) is 29.8 Å². The third-order valence-corrected chi connectivity index (χ3v) is 3.83. The van der Waals surface area contributed by atoms with Gasteiger partial charge in [0.25, 0.3) is 0 Å². The molecule has 0 aliphatic rings. The van der Waals surface area contributed by atoms with Crippen LogP contribution in [0.4, 0.5) is 30.7 Å². The number of benzene rings is 2. The van der Waals surface area contributed by atoms with E-state index in [9.17, 15) is 30.7 Å². The highest BCUT2D eigenvalue weighted by Gasteiger charge is 2.73. The molecule has 0 bridgehead atoms. The van der Waals surface area contributed by atoms with Crippen molar-refractivity contribution in [3.8, 4) is 11.5 Å². The van der Waals surface area contributed by atoms with Crippen molar-refractivity contribution in [3.05, 3.63) is 59.2 Å². The molecule has 2 aromatic rings. The van der Waals surface area contributed by atoms with E-state index >= 15 is 0 Å². The van der Waals surface area contributed by atoms with Gasteiger partial charge in [0, 0.05) is 0 Å². The molecule has 0 aromatic heterocycles. The summed E-state index contributed by atoms with van der Waals surface area (Å²) < 4.78 is 99.0. The van der Waals surface area contributed by atoms with E-state index in [0.717, 1.165) is 11.1 Å². The first-order valence-electron chi connectivity index (χ1n) is 8.36. The van der Waals surface area contributed by atoms with Crippen LogP contribution in [0.1, 0.15) is 16.7 Å². The maximum Gasteiger partial charge on any atom is 0.462 e. The zero-order valence-corrected chi connectivity index (χ0v) is 15.7. The van der Waals surface area contributed by atoms with E-state index in [0.29, 0.717) is 17.4 Å². The van der Waals surface area contributed by atoms with Crippen molar-refractivity contribution in [1.82, 2.24) is 5.43 Å². The van der Waals surface area contributed by atoms with Gasteiger partial charge in [0.05, 0.1) is 13.3 Å². The van der Waals surface area contributed by atoms with Gasteiger partial charge in [-0.3, -0.25) is 0 Å². The number of hydrogen-bond acceptors (Lipinski definition) is 4. The molecule has 0 aliphatic carbocycles. The van der Waals surface area contributed by atoms with Crippen molar-refractivity contribution < 1.29 is 40.2 Å². The van der Waals surface area contributed by atoms with Crippen molar-refractivity contribution in [2.75, 3.05) is 7.11 Å². The largest absolute Gasteiger partial charge is 0.493 e. The molecule has 0 saturated carbocycles. The first-order chi connectivity index (χ1) is 13.9. The lowest BCUT2D eigenvalue weighted by Crippen LogP contribution is -2.58. The number of ether oxygens (including phenoxy) is 2. The van der Waals surface area contributed by atoms with E-state index in [4.69, 9.17) is 9.47 Å². The lowest BCUT2D eigenvalue weighted by atomic mass is 10.1. The number of rotatable bonds is 8. The Kier molecular flexibility index (Phi) is 6.84. The summed E-state index contributed by atoms with van der Waals surface area (Å²) in [5.74, 6) is -5.82. The van der Waals surface area contributed by atoms with Crippen LogP contribution in [-0.2, 0) is 6.61 Å². The molecule has 0 aliphatic heterocycles. The quantitative estimate of drug-likeness (QED) is 0.263. The Morgan fingerprint density at radius 2 is 1.67 bits per heavy atom. The molecule has 0 radical (unpaired) electrons. The van der Waals surface area contributed by atoms with Crippen molar-refractivity contribution in [2.24, 2.45) is 5.10 Å². The molecule has 164 valence electrons. The van der Waals surface area contributed by atoms with Crippen molar-refractivity contribution >= 4 is 6.21 Å². The van der Waals surface area contributed by atoms with E-state index in [1.165, 1.54) is 25.3 Å². The van der Waals surface area contributed by atoms with Crippen LogP contribution in [0, 0.1) is 6.92 Å². The van der Waals surface area contributed by atoms with Gasteiger partial charge in [0.2, 0.25) is 0 Å². The Bertz CT molecular complexity index is 899. The molecular formula is C19H17F7N2O2. The highest BCUT2D eigenvalue weighted by Crippen LogP contribution is 2.45. The molecule has 2 aromatic carbocycles. The zero-order chi connectivity index (χ0) is 22.6. The molecule has 4 nitrogen and oxygen atoms in total. The summed E-state index contributed by atoms with van der Waals surface area (Å²) in [6.45, 7) is 2.13. The van der Waals surface area contributed by atoms with Crippen LogP contribution >= 0.6 is 0 Å². The number of nitrogens with one attached hydrogen (secondary N) is 1. The highest BCUT2D eigenvalue weighted by atomic mass is 19.4. The van der Waals surface area contributed by atoms with Gasteiger partial charge in [0.15, 0.2) is 11.5 Å². The second-order valence-corrected chi connectivity index (χ2v) is 6.20. The molecule has 2 rings (SSSR count). The van der Waals surface area contributed by atoms with E-state index in [1.54, 1.807) is 0 Å². The summed E-state index contributed by atoms with van der Waals surface area (Å²) >= 11 is 0. The fourth-order valence-electron chi connectivity index (χ4n) is 2.28. The standard InChI is InChI=1S/C19H17F7N2O2/c1-12-4-3-5-14(8-12)11-30-15-7-6-13(9-16(15)29-2)10-27-28-19(25,26)17(20,21)18(22,23)24/h3-10,28H,11H2,1-2H3/b27-10+. The van der Waals surface area contributed by atoms with Gasteiger partial charge in [-0.2, -0.15) is 35.8 Å². The Morgan fingerprint density at radius 3 is 2.27 bits per heavy atom. The number of halogens is 7. The van der Waals surface area contributed by atoms with Crippen LogP contribution in [-0.4, -0.2) is 31.5 Å². The average Bonchev–Trinajstić information content (AvgIpc) is 2.65. The summed E-state index contributed by atoms with van der Waals surface area (Å²) in [5, 5.41) is 2.80. The number of aryl methyl sites for hydroxylation is 1. The monoisotopic (exact) mass is 438 g/mol. The van der Waals surface area contributed by atoms with E-state index in [1.807, 2.05) is 31.2 Å². The first kappa shape index (κ1) is 23.3. The molecule has 0 saturated heterocycles. The van der Waals surface area contributed by atoms with Gasteiger partial charge in [-0.15, -0.1) is 0 Å². The average molecular weight is 438 g/mol. The van der Waals surface area contributed by atoms with Crippen molar-refractivity contribution in [2.45, 2.75) is 31.7 Å². The number of methoxy groups -OCH3 is 1. The molecule has 0 atom stereocenters. The summed E-state index contributed by atoms with van der Waals surface area (Å²) in [7, 11) is 1.31. The topological polar surface area (TPSA) is 42.8 Å². The van der Waals surface area contributed by atoms with Gasteiger partial charge in [-0.05, 0) is 36.2 Å². The zero-order valence-electron chi connectivity index (χ0n) is 15.7. The molecule has 0 amide bonds. The predicted octanol–water partition coefficient (Wildman–Crippen LogP) is 5.30. The minimum absolute atomic E-state index is 0.0911. The Morgan fingerprint density at radius 1 is 0.967 bits per heavy atom. The summed E-state index contributed by atoms with van der Waals surface area (Å²) in [4.78, 5) is 0. The van der Waals surface area contributed by atoms with Gasteiger partial charge < -0.3 is 9.47 Å². The summed E-state index contributed by atoms with van der Waals surface area (Å²) in [6, 6.07) is 5.94. The third kappa shape index (κ3) is 5.33. The number of hydrazone groups is 1. The van der Waals surface area contributed by atoms with E-state index in [2.05, 4.69) is 5.10 Å². The van der Waals surface area contributed by atoms with Crippen LogP contribution in [0.15, 0.2) is 47.6 Å². The molecular weight excluding hydrogens is 421 g/mol. The minimum atomic E-state index is -6.45. The summed E-state index contributed by atoms with van der Waals surface area (Å²) in [5.41, 5.74) is 2.57. The fraction of sp³-hybridized carbons (Fsp3) is 0.316. The van der Waals surface area contributed by atoms with Crippen LogP contribution < -0.4 is 14.9 Å². The van der Waals surface area contributed by atoms with Crippen LogP contribution in [0.2, 0.25) is 0 Å². The number of nitrogens with zero attached hydrogens (tertiary/aromatic N) is 1. The number of hydrogen-bond donors (Lipinski definition) is 1. The second-order valence-electron chi connectivity index (χ2n) is 6.20. The normalized spacial score (nSPS) is 12.8. The van der Waals surface area contributed by atoms with E-state index in [-0.39, 0.29) is 17.9 Å². The minimum Gasteiger partial charge on any atom is -0.493 e. The predicted molar refractivity (Wildman–Crippen MR) is 95.2 cm³/mol. The Labute approximate surface area is 167 Å². The van der Waals surface area contributed by atoms with Crippen LogP contribution in [0.5, 0.6) is 11.5 Å². The maximum absolute atomic E-state index is 13.2. The number of alkyl halides is 7. The third-order valence-electron chi connectivity index (χ3n) is 3.83. The Hall–Kier alpha value is -2.98. The molecule has 0 fully saturated rings. The Balaban J connectivity index is 2.09. The van der Waals surface area contributed by atoms with Gasteiger partial charge in [0.1, 0.15) is 6.61 Å². The second kappa shape index (κ2) is 8.80. The smallest absolute Gasteiger partial charge is 0.462 e. The van der Waals surface area contributed by atoms with Crippen molar-refractivity contribution in [3.63, 3.8) is 0 Å². The summed E-state index contributed by atoms with van der Waals surface area (Å²) in [6.07, 6.45) is -5.80. The maximum atomic E-state index is 13.2. The molecule has 30 heavy (non-hydrogen) atoms. The van der Waals surface area contributed by atoms with Crippen molar-refractivity contribution in [1.29, 1.82) is 0 Å². The fourth-order valence-corrected chi connectivity index (χ4v) is 2.28. The molecule has 0 spiro atoms. The lowest BCUT2D eigenvalue weighted by Gasteiger charge is -2.27. The molecule has 11 heteroatoms. The molecule has 0 heterocycles. The first-order valence-corrected chi connectivity index (χ1v) is 8.36. The van der Waals surface area contributed by atoms with E-state index < -0.39 is 18.1 Å². The molecule has 1 N–H and O–H groups in total. The van der Waals surface area contributed by atoms with Crippen LogP contribution in [0.25, 0.3) is 0 Å². The van der Waals surface area contributed by atoms with Gasteiger partial charge >= 0.3 is 18.1 Å².